The van der Waals surface area contributed by atoms with Gasteiger partial charge < -0.3 is 5.73 Å². The van der Waals surface area contributed by atoms with Crippen molar-refractivity contribution in [3.63, 3.8) is 0 Å². The molecule has 0 bridgehead atoms. The Hall–Kier alpha value is -0.950. The summed E-state index contributed by atoms with van der Waals surface area (Å²) in [6.07, 6.45) is 0. The van der Waals surface area contributed by atoms with Gasteiger partial charge in [-0.1, -0.05) is 38.1 Å². The first-order chi connectivity index (χ1) is 8.43. The summed E-state index contributed by atoms with van der Waals surface area (Å²) in [6.45, 7) is 5.10. The molecule has 0 aliphatic carbocycles. The fourth-order valence-electron chi connectivity index (χ4n) is 1.30. The lowest BCUT2D eigenvalue weighted by Gasteiger charge is -2.10. The molecule has 0 heterocycles. The van der Waals surface area contributed by atoms with E-state index in [1.165, 1.54) is 0 Å². The van der Waals surface area contributed by atoms with Gasteiger partial charge in [0.2, 0.25) is 0 Å². The monoisotopic (exact) mass is 271 g/mol. The van der Waals surface area contributed by atoms with Crippen LogP contribution in [0.3, 0.4) is 0 Å². The third kappa shape index (κ3) is 5.59. The molecule has 0 spiro atoms. The van der Waals surface area contributed by atoms with Crippen LogP contribution in [0, 0.1) is 5.92 Å². The van der Waals surface area contributed by atoms with Gasteiger partial charge in [-0.05, 0) is 17.0 Å². The molecule has 0 radical (unpaired) electrons. The van der Waals surface area contributed by atoms with Crippen LogP contribution in [-0.2, 0) is 23.3 Å². The number of benzene rings is 1. The van der Waals surface area contributed by atoms with E-state index >= 15 is 0 Å². The number of nitrogens with one attached hydrogen (secondary N) is 2. The van der Waals surface area contributed by atoms with E-state index in [0.29, 0.717) is 13.1 Å². The minimum Gasteiger partial charge on any atom is -0.326 e. The SMILES string of the molecule is CC(C)CNS(=O)(=O)NCc1ccc(CN)cc1. The predicted molar refractivity (Wildman–Crippen MR) is 72.9 cm³/mol. The molecule has 1 aromatic carbocycles. The van der Waals surface area contributed by atoms with Crippen LogP contribution in [0.2, 0.25) is 0 Å². The second-order valence-electron chi connectivity index (χ2n) is 4.59. The predicted octanol–water partition coefficient (Wildman–Crippen LogP) is 0.725. The zero-order chi connectivity index (χ0) is 13.6. The van der Waals surface area contributed by atoms with Crippen LogP contribution >= 0.6 is 0 Å². The summed E-state index contributed by atoms with van der Waals surface area (Å²) in [5.74, 6) is 0.283. The van der Waals surface area contributed by atoms with Gasteiger partial charge in [-0.15, -0.1) is 0 Å². The third-order valence-electron chi connectivity index (χ3n) is 2.41. The van der Waals surface area contributed by atoms with Crippen LogP contribution in [0.25, 0.3) is 0 Å². The van der Waals surface area contributed by atoms with Gasteiger partial charge in [0.1, 0.15) is 0 Å². The second-order valence-corrected chi connectivity index (χ2v) is 6.17. The molecule has 0 aliphatic heterocycles. The molecule has 0 fully saturated rings. The van der Waals surface area contributed by atoms with Gasteiger partial charge in [-0.3, -0.25) is 0 Å². The molecule has 4 N–H and O–H groups in total. The zero-order valence-corrected chi connectivity index (χ0v) is 11.6. The van der Waals surface area contributed by atoms with Crippen molar-refractivity contribution in [1.29, 1.82) is 0 Å². The average molecular weight is 271 g/mol. The summed E-state index contributed by atoms with van der Waals surface area (Å²) in [7, 11) is -3.42. The second kappa shape index (κ2) is 6.84. The van der Waals surface area contributed by atoms with Crippen LogP contribution in [0.5, 0.6) is 0 Å². The van der Waals surface area contributed by atoms with Gasteiger partial charge in [0.25, 0.3) is 10.2 Å². The number of hydrogen-bond acceptors (Lipinski definition) is 3. The fourth-order valence-corrected chi connectivity index (χ4v) is 2.31. The molecule has 5 nitrogen and oxygen atoms in total. The highest BCUT2D eigenvalue weighted by Crippen LogP contribution is 2.03. The van der Waals surface area contributed by atoms with Crippen molar-refractivity contribution < 1.29 is 8.42 Å². The van der Waals surface area contributed by atoms with Crippen molar-refractivity contribution in [1.82, 2.24) is 9.44 Å². The number of nitrogens with two attached hydrogens (primary N) is 1. The normalized spacial score (nSPS) is 12.0. The summed E-state index contributed by atoms with van der Waals surface area (Å²) in [5.41, 5.74) is 7.42. The van der Waals surface area contributed by atoms with E-state index in [1.54, 1.807) is 0 Å². The molecule has 18 heavy (non-hydrogen) atoms. The molecule has 1 aromatic rings. The van der Waals surface area contributed by atoms with Crippen LogP contribution in [0.1, 0.15) is 25.0 Å². The van der Waals surface area contributed by atoms with E-state index in [-0.39, 0.29) is 12.5 Å². The van der Waals surface area contributed by atoms with E-state index in [2.05, 4.69) is 9.44 Å². The Morgan fingerprint density at radius 1 is 1.11 bits per heavy atom. The number of rotatable bonds is 7. The van der Waals surface area contributed by atoms with Crippen molar-refractivity contribution in [2.45, 2.75) is 26.9 Å². The molecule has 0 unspecified atom stereocenters. The topological polar surface area (TPSA) is 84.2 Å². The van der Waals surface area contributed by atoms with E-state index in [0.717, 1.165) is 11.1 Å². The molecule has 1 rings (SSSR count). The average Bonchev–Trinajstić information content (AvgIpc) is 2.35. The molecule has 0 aliphatic rings. The maximum absolute atomic E-state index is 11.6. The van der Waals surface area contributed by atoms with Crippen molar-refractivity contribution in [3.05, 3.63) is 35.4 Å². The molecule has 0 atom stereocenters. The molecule has 0 saturated carbocycles. The Morgan fingerprint density at radius 2 is 1.67 bits per heavy atom. The first kappa shape index (κ1) is 15.1. The van der Waals surface area contributed by atoms with Crippen molar-refractivity contribution >= 4 is 10.2 Å². The molecule has 0 amide bonds. The summed E-state index contributed by atoms with van der Waals surface area (Å²) in [6, 6.07) is 7.52. The molecule has 0 aromatic heterocycles. The smallest absolute Gasteiger partial charge is 0.277 e. The third-order valence-corrected chi connectivity index (χ3v) is 3.48. The Kier molecular flexibility index (Phi) is 5.74. The minimum atomic E-state index is -3.42. The maximum Gasteiger partial charge on any atom is 0.277 e. The highest BCUT2D eigenvalue weighted by molar-refractivity contribution is 7.87. The van der Waals surface area contributed by atoms with E-state index in [9.17, 15) is 8.42 Å². The highest BCUT2D eigenvalue weighted by atomic mass is 32.2. The lowest BCUT2D eigenvalue weighted by atomic mass is 10.1. The molecule has 6 heteroatoms. The van der Waals surface area contributed by atoms with Gasteiger partial charge in [0, 0.05) is 19.6 Å². The summed E-state index contributed by atoms with van der Waals surface area (Å²) >= 11 is 0. The molecular formula is C12H21N3O2S. The van der Waals surface area contributed by atoms with Crippen LogP contribution in [0.4, 0.5) is 0 Å². The van der Waals surface area contributed by atoms with Gasteiger partial charge in [-0.25, -0.2) is 4.72 Å². The Balaban J connectivity index is 2.48. The van der Waals surface area contributed by atoms with Crippen molar-refractivity contribution in [2.24, 2.45) is 11.7 Å². The highest BCUT2D eigenvalue weighted by Gasteiger charge is 2.09. The quantitative estimate of drug-likeness (QED) is 0.683. The van der Waals surface area contributed by atoms with E-state index in [4.69, 9.17) is 5.73 Å². The lowest BCUT2D eigenvalue weighted by molar-refractivity contribution is 0.547. The fraction of sp³-hybridized carbons (Fsp3) is 0.500. The Labute approximate surface area is 109 Å². The summed E-state index contributed by atoms with van der Waals surface area (Å²) in [4.78, 5) is 0. The van der Waals surface area contributed by atoms with Crippen molar-refractivity contribution in [2.75, 3.05) is 6.54 Å². The standard InChI is InChI=1S/C12H21N3O2S/c1-10(2)8-14-18(16,17)15-9-12-5-3-11(7-13)4-6-12/h3-6,10,14-15H,7-9,13H2,1-2H3. The zero-order valence-electron chi connectivity index (χ0n) is 10.8. The first-order valence-electron chi connectivity index (χ1n) is 5.95. The molecule has 0 saturated heterocycles. The first-order valence-corrected chi connectivity index (χ1v) is 7.43. The minimum absolute atomic E-state index is 0.276. The van der Waals surface area contributed by atoms with E-state index < -0.39 is 10.2 Å². The van der Waals surface area contributed by atoms with Crippen LogP contribution in [0.15, 0.2) is 24.3 Å². The lowest BCUT2D eigenvalue weighted by Crippen LogP contribution is -2.37. The Morgan fingerprint density at radius 3 is 2.17 bits per heavy atom. The largest absolute Gasteiger partial charge is 0.326 e. The maximum atomic E-state index is 11.6. The van der Waals surface area contributed by atoms with Gasteiger partial charge in [0.15, 0.2) is 0 Å². The van der Waals surface area contributed by atoms with Crippen LogP contribution < -0.4 is 15.2 Å². The van der Waals surface area contributed by atoms with Gasteiger partial charge in [-0.2, -0.15) is 13.1 Å². The molecular weight excluding hydrogens is 250 g/mol. The van der Waals surface area contributed by atoms with Crippen molar-refractivity contribution in [3.8, 4) is 0 Å². The molecule has 102 valence electrons. The summed E-state index contributed by atoms with van der Waals surface area (Å²) in [5, 5.41) is 0. The summed E-state index contributed by atoms with van der Waals surface area (Å²) < 4.78 is 28.2. The Bertz CT molecular complexity index is 455. The van der Waals surface area contributed by atoms with E-state index in [1.807, 2.05) is 38.1 Å². The number of hydrogen-bond donors (Lipinski definition) is 3. The van der Waals surface area contributed by atoms with Gasteiger partial charge in [0.05, 0.1) is 0 Å². The van der Waals surface area contributed by atoms with Gasteiger partial charge >= 0.3 is 0 Å². The van der Waals surface area contributed by atoms with Crippen LogP contribution in [-0.4, -0.2) is 15.0 Å².